The molecule has 32 heavy (non-hydrogen) atoms. The monoisotopic (exact) mass is 455 g/mol. The quantitative estimate of drug-likeness (QED) is 0.675. The van der Waals surface area contributed by atoms with Gasteiger partial charge in [-0.05, 0) is 43.7 Å². The van der Waals surface area contributed by atoms with E-state index in [0.29, 0.717) is 30.4 Å². The molecule has 2 saturated heterocycles. The van der Waals surface area contributed by atoms with Gasteiger partial charge in [-0.3, -0.25) is 19.9 Å². The van der Waals surface area contributed by atoms with E-state index in [4.69, 9.17) is 11.6 Å². The number of amides is 4. The minimum Gasteiger partial charge on any atom is -0.365 e. The number of anilines is 1. The predicted octanol–water partition coefficient (Wildman–Crippen LogP) is 2.53. The van der Waals surface area contributed by atoms with Crippen LogP contribution in [0, 0.1) is 5.92 Å². The fourth-order valence-electron chi connectivity index (χ4n) is 4.59. The van der Waals surface area contributed by atoms with E-state index in [0.717, 1.165) is 5.69 Å². The normalized spacial score (nSPS) is 24.2. The molecule has 2 aliphatic rings. The third-order valence-electron chi connectivity index (χ3n) is 6.16. The molecule has 4 amide bonds. The van der Waals surface area contributed by atoms with E-state index >= 15 is 0 Å². The zero-order chi connectivity index (χ0) is 22.9. The van der Waals surface area contributed by atoms with Crippen molar-refractivity contribution in [1.29, 1.82) is 0 Å². The highest BCUT2D eigenvalue weighted by molar-refractivity contribution is 6.30. The maximum atomic E-state index is 13.3. The number of rotatable bonds is 5. The summed E-state index contributed by atoms with van der Waals surface area (Å²) in [5.41, 5.74) is 0.0912. The average molecular weight is 456 g/mol. The van der Waals surface area contributed by atoms with Gasteiger partial charge in [0, 0.05) is 48.5 Å². The van der Waals surface area contributed by atoms with Crippen LogP contribution in [0.15, 0.2) is 48.7 Å². The first-order valence-electron chi connectivity index (χ1n) is 10.7. The fraction of sp³-hybridized carbons (Fsp3) is 0.391. The molecule has 2 fully saturated rings. The maximum absolute atomic E-state index is 13.3. The van der Waals surface area contributed by atoms with E-state index in [-0.39, 0.29) is 18.4 Å². The van der Waals surface area contributed by atoms with Gasteiger partial charge in [-0.25, -0.2) is 4.79 Å². The SMILES string of the molecule is CC(CC1(c2ccccn2)NC(=O)NC1=O)C(=O)N1CCN(c2cccc(Cl)c2)[C@@H](C)C1. The molecule has 0 spiro atoms. The molecule has 0 radical (unpaired) electrons. The molecule has 4 rings (SSSR count). The second-order valence-electron chi connectivity index (χ2n) is 8.44. The van der Waals surface area contributed by atoms with Gasteiger partial charge in [0.05, 0.1) is 5.69 Å². The molecular weight excluding hydrogens is 430 g/mol. The van der Waals surface area contributed by atoms with Crippen molar-refractivity contribution in [2.45, 2.75) is 31.8 Å². The number of aromatic nitrogens is 1. The Kier molecular flexibility index (Phi) is 6.06. The first-order valence-corrected chi connectivity index (χ1v) is 11.0. The van der Waals surface area contributed by atoms with Crippen LogP contribution >= 0.6 is 11.6 Å². The second kappa shape index (κ2) is 8.78. The van der Waals surface area contributed by atoms with Crippen LogP contribution in [0.3, 0.4) is 0 Å². The smallest absolute Gasteiger partial charge is 0.322 e. The molecule has 1 aromatic heterocycles. The summed E-state index contributed by atoms with van der Waals surface area (Å²) in [6.45, 7) is 5.67. The van der Waals surface area contributed by atoms with Crippen LogP contribution in [0.4, 0.5) is 10.5 Å². The average Bonchev–Trinajstić information content (AvgIpc) is 3.07. The van der Waals surface area contributed by atoms with E-state index in [2.05, 4.69) is 27.4 Å². The molecule has 2 aliphatic heterocycles. The van der Waals surface area contributed by atoms with Crippen molar-refractivity contribution in [2.24, 2.45) is 5.92 Å². The van der Waals surface area contributed by atoms with Crippen molar-refractivity contribution < 1.29 is 14.4 Å². The molecule has 0 saturated carbocycles. The summed E-state index contributed by atoms with van der Waals surface area (Å²) in [5, 5.41) is 5.68. The minimum absolute atomic E-state index is 0.0492. The van der Waals surface area contributed by atoms with Crippen LogP contribution in [-0.4, -0.2) is 53.4 Å². The lowest BCUT2D eigenvalue weighted by Gasteiger charge is -2.42. The topological polar surface area (TPSA) is 94.6 Å². The molecule has 9 heteroatoms. The number of nitrogens with one attached hydrogen (secondary N) is 2. The van der Waals surface area contributed by atoms with E-state index in [1.807, 2.05) is 29.2 Å². The highest BCUT2D eigenvalue weighted by Crippen LogP contribution is 2.32. The Morgan fingerprint density at radius 3 is 2.69 bits per heavy atom. The predicted molar refractivity (Wildman–Crippen MR) is 121 cm³/mol. The number of carbonyl (C=O) groups excluding carboxylic acids is 3. The number of nitrogens with zero attached hydrogens (tertiary/aromatic N) is 3. The number of pyridine rings is 1. The van der Waals surface area contributed by atoms with Gasteiger partial charge in [0.15, 0.2) is 5.54 Å². The lowest BCUT2D eigenvalue weighted by molar-refractivity contribution is -0.137. The van der Waals surface area contributed by atoms with Gasteiger partial charge in [0.2, 0.25) is 5.91 Å². The van der Waals surface area contributed by atoms with Gasteiger partial charge in [-0.2, -0.15) is 0 Å². The Morgan fingerprint density at radius 2 is 2.06 bits per heavy atom. The molecule has 0 bridgehead atoms. The summed E-state index contributed by atoms with van der Waals surface area (Å²) in [6, 6.07) is 12.4. The first-order chi connectivity index (χ1) is 15.3. The minimum atomic E-state index is -1.36. The third kappa shape index (κ3) is 4.14. The number of urea groups is 1. The standard InChI is InChI=1S/C23H26ClN5O3/c1-15(13-23(19-8-3-4-9-25-19)21(31)26-22(32)27-23)20(30)28-10-11-29(16(2)14-28)18-7-5-6-17(24)12-18/h3-9,12,15-16H,10-11,13-14H2,1-2H3,(H2,26,27,31,32)/t15?,16-,23?/m0/s1. The summed E-state index contributed by atoms with van der Waals surface area (Å²) >= 11 is 6.14. The summed E-state index contributed by atoms with van der Waals surface area (Å²) in [7, 11) is 0. The Balaban J connectivity index is 1.48. The highest BCUT2D eigenvalue weighted by atomic mass is 35.5. The number of piperazine rings is 1. The largest absolute Gasteiger partial charge is 0.365 e. The fourth-order valence-corrected chi connectivity index (χ4v) is 4.77. The van der Waals surface area contributed by atoms with Crippen LogP contribution in [-0.2, 0) is 15.1 Å². The molecule has 3 heterocycles. The number of imide groups is 1. The zero-order valence-electron chi connectivity index (χ0n) is 18.0. The van der Waals surface area contributed by atoms with Crippen LogP contribution < -0.4 is 15.5 Å². The summed E-state index contributed by atoms with van der Waals surface area (Å²) in [6.07, 6.45) is 1.70. The van der Waals surface area contributed by atoms with Crippen molar-refractivity contribution >= 4 is 35.1 Å². The lowest BCUT2D eigenvalue weighted by atomic mass is 9.84. The van der Waals surface area contributed by atoms with Gasteiger partial charge in [0.25, 0.3) is 5.91 Å². The Labute approximate surface area is 191 Å². The molecule has 8 nitrogen and oxygen atoms in total. The molecule has 0 aliphatic carbocycles. The summed E-state index contributed by atoms with van der Waals surface area (Å²) in [4.78, 5) is 46.4. The van der Waals surface area contributed by atoms with Crippen molar-refractivity contribution in [3.05, 3.63) is 59.4 Å². The van der Waals surface area contributed by atoms with Crippen molar-refractivity contribution in [1.82, 2.24) is 20.5 Å². The molecular formula is C23H26ClN5O3. The van der Waals surface area contributed by atoms with E-state index in [9.17, 15) is 14.4 Å². The summed E-state index contributed by atoms with van der Waals surface area (Å²) in [5.74, 6) is -1.03. The lowest BCUT2D eigenvalue weighted by Crippen LogP contribution is -2.55. The Hall–Kier alpha value is -3.13. The van der Waals surface area contributed by atoms with E-state index in [1.54, 1.807) is 31.3 Å². The number of carbonyl (C=O) groups is 3. The number of hydrogen-bond acceptors (Lipinski definition) is 5. The van der Waals surface area contributed by atoms with Gasteiger partial charge in [-0.1, -0.05) is 30.7 Å². The molecule has 168 valence electrons. The van der Waals surface area contributed by atoms with Crippen LogP contribution in [0.5, 0.6) is 0 Å². The van der Waals surface area contributed by atoms with Crippen LogP contribution in [0.1, 0.15) is 26.0 Å². The van der Waals surface area contributed by atoms with Gasteiger partial charge in [0.1, 0.15) is 0 Å². The van der Waals surface area contributed by atoms with Crippen LogP contribution in [0.2, 0.25) is 5.02 Å². The molecule has 2 aromatic rings. The van der Waals surface area contributed by atoms with Crippen molar-refractivity contribution in [3.8, 4) is 0 Å². The maximum Gasteiger partial charge on any atom is 0.322 e. The zero-order valence-corrected chi connectivity index (χ0v) is 18.8. The van der Waals surface area contributed by atoms with Gasteiger partial charge < -0.3 is 15.1 Å². The van der Waals surface area contributed by atoms with Gasteiger partial charge >= 0.3 is 6.03 Å². The molecule has 2 unspecified atom stereocenters. The number of hydrogen-bond donors (Lipinski definition) is 2. The molecule has 3 atom stereocenters. The highest BCUT2D eigenvalue weighted by Gasteiger charge is 2.50. The third-order valence-corrected chi connectivity index (χ3v) is 6.39. The first kappa shape index (κ1) is 22.1. The van der Waals surface area contributed by atoms with Crippen LogP contribution in [0.25, 0.3) is 0 Å². The summed E-state index contributed by atoms with van der Waals surface area (Å²) < 4.78 is 0. The second-order valence-corrected chi connectivity index (χ2v) is 8.88. The van der Waals surface area contributed by atoms with E-state index < -0.39 is 23.4 Å². The number of halogens is 1. The number of benzene rings is 1. The molecule has 2 N–H and O–H groups in total. The Morgan fingerprint density at radius 1 is 1.25 bits per heavy atom. The molecule has 1 aromatic carbocycles. The van der Waals surface area contributed by atoms with Crippen molar-refractivity contribution in [2.75, 3.05) is 24.5 Å². The Bertz CT molecular complexity index is 1030. The van der Waals surface area contributed by atoms with E-state index in [1.165, 1.54) is 0 Å². The van der Waals surface area contributed by atoms with Gasteiger partial charge in [-0.15, -0.1) is 0 Å². The van der Waals surface area contributed by atoms with Crippen molar-refractivity contribution in [3.63, 3.8) is 0 Å².